The molecule has 24 heavy (non-hydrogen) atoms. The maximum atomic E-state index is 12.1. The van der Waals surface area contributed by atoms with E-state index < -0.39 is 0 Å². The van der Waals surface area contributed by atoms with Gasteiger partial charge in [0.2, 0.25) is 5.91 Å². The van der Waals surface area contributed by atoms with Gasteiger partial charge in [0.25, 0.3) is 0 Å². The summed E-state index contributed by atoms with van der Waals surface area (Å²) in [5, 5.41) is 13.3. The third kappa shape index (κ3) is 4.70. The molecular weight excluding hydrogens is 328 g/mol. The molecule has 9 heteroatoms. The number of likely N-dealkylation sites (N-methyl/N-ethyl adjacent to an activating group) is 1. The molecule has 0 saturated carbocycles. The van der Waals surface area contributed by atoms with Gasteiger partial charge in [-0.1, -0.05) is 0 Å². The molecule has 1 saturated heterocycles. The summed E-state index contributed by atoms with van der Waals surface area (Å²) in [6, 6.07) is 3.77. The second-order valence-electron chi connectivity index (χ2n) is 5.58. The lowest BCUT2D eigenvalue weighted by Crippen LogP contribution is -2.49. The quantitative estimate of drug-likeness (QED) is 0.823. The number of hydrogen-bond donors (Lipinski definition) is 1. The van der Waals surface area contributed by atoms with Crippen molar-refractivity contribution in [3.05, 3.63) is 29.9 Å². The van der Waals surface area contributed by atoms with Crippen LogP contribution >= 0.6 is 11.3 Å². The first-order chi connectivity index (χ1) is 11.7. The highest BCUT2D eigenvalue weighted by atomic mass is 32.1. The second kappa shape index (κ2) is 8.13. The molecule has 1 atom stereocenters. The van der Waals surface area contributed by atoms with E-state index in [4.69, 9.17) is 4.74 Å². The Hall–Kier alpha value is -2.10. The van der Waals surface area contributed by atoms with E-state index in [2.05, 4.69) is 25.4 Å². The van der Waals surface area contributed by atoms with Crippen molar-refractivity contribution in [2.45, 2.75) is 6.10 Å². The van der Waals surface area contributed by atoms with Gasteiger partial charge in [-0.2, -0.15) is 5.10 Å². The first-order valence-corrected chi connectivity index (χ1v) is 8.61. The highest BCUT2D eigenvalue weighted by Gasteiger charge is 2.23. The fourth-order valence-electron chi connectivity index (χ4n) is 2.58. The molecule has 8 nitrogen and oxygen atoms in total. The van der Waals surface area contributed by atoms with Crippen LogP contribution in [0.2, 0.25) is 0 Å². The summed E-state index contributed by atoms with van der Waals surface area (Å²) in [4.78, 5) is 20.2. The second-order valence-corrected chi connectivity index (χ2v) is 6.47. The molecule has 3 rings (SSSR count). The highest BCUT2D eigenvalue weighted by molar-refractivity contribution is 7.13. The van der Waals surface area contributed by atoms with Gasteiger partial charge in [0.1, 0.15) is 0 Å². The van der Waals surface area contributed by atoms with Crippen LogP contribution in [0.4, 0.5) is 10.9 Å². The van der Waals surface area contributed by atoms with Crippen LogP contribution in [0.25, 0.3) is 0 Å². The Labute approximate surface area is 144 Å². The number of rotatable bonds is 6. The molecule has 0 unspecified atom stereocenters. The highest BCUT2D eigenvalue weighted by Crippen LogP contribution is 2.13. The minimum absolute atomic E-state index is 0.0263. The fraction of sp³-hybridized carbons (Fsp3) is 0.467. The largest absolute Gasteiger partial charge is 0.374 e. The smallest absolute Gasteiger partial charge is 0.240 e. The van der Waals surface area contributed by atoms with Crippen molar-refractivity contribution in [2.24, 2.45) is 0 Å². The molecule has 3 heterocycles. The molecule has 1 fully saturated rings. The Morgan fingerprint density at radius 3 is 3.21 bits per heavy atom. The molecular formula is C15H20N6O2S. The van der Waals surface area contributed by atoms with Gasteiger partial charge >= 0.3 is 0 Å². The molecule has 0 aromatic carbocycles. The molecule has 2 aromatic heterocycles. The average Bonchev–Trinajstić information content (AvgIpc) is 3.08. The van der Waals surface area contributed by atoms with Crippen LogP contribution in [-0.2, 0) is 9.53 Å². The molecule has 0 bridgehead atoms. The third-order valence-electron chi connectivity index (χ3n) is 3.70. The number of ether oxygens (including phenoxy) is 1. The van der Waals surface area contributed by atoms with Gasteiger partial charge in [0.15, 0.2) is 10.9 Å². The molecule has 128 valence electrons. The number of carbonyl (C=O) groups is 1. The molecule has 0 radical (unpaired) electrons. The van der Waals surface area contributed by atoms with Crippen LogP contribution in [0, 0.1) is 0 Å². The maximum absolute atomic E-state index is 12.1. The van der Waals surface area contributed by atoms with Crippen LogP contribution < -0.4 is 10.2 Å². The van der Waals surface area contributed by atoms with Crippen LogP contribution in [-0.4, -0.2) is 71.9 Å². The summed E-state index contributed by atoms with van der Waals surface area (Å²) >= 11 is 1.41. The summed E-state index contributed by atoms with van der Waals surface area (Å²) in [5.41, 5.74) is 0. The van der Waals surface area contributed by atoms with E-state index in [1.165, 1.54) is 11.3 Å². The minimum Gasteiger partial charge on any atom is -0.374 e. The van der Waals surface area contributed by atoms with E-state index in [0.717, 1.165) is 12.4 Å². The topological polar surface area (TPSA) is 83.5 Å². The molecule has 1 amide bonds. The van der Waals surface area contributed by atoms with Gasteiger partial charge < -0.3 is 15.0 Å². The third-order valence-corrected chi connectivity index (χ3v) is 4.38. The molecule has 1 aliphatic heterocycles. The molecule has 1 aliphatic rings. The van der Waals surface area contributed by atoms with Crippen molar-refractivity contribution in [3.63, 3.8) is 0 Å². The molecule has 2 aromatic rings. The van der Waals surface area contributed by atoms with Gasteiger partial charge in [0, 0.05) is 44.5 Å². The number of nitrogens with one attached hydrogen (secondary N) is 1. The number of aromatic nitrogens is 3. The number of anilines is 2. The standard InChI is InChI=1S/C15H20N6O2S/c1-20(13-3-2-4-17-19-13)9-12-10-21(6-7-23-12)11-14(22)18-15-16-5-8-24-15/h2-5,8,12H,6-7,9-11H2,1H3,(H,16,18,22)/t12-/m0/s1. The predicted octanol–water partition coefficient (Wildman–Crippen LogP) is 0.709. The van der Waals surface area contributed by atoms with E-state index in [1.54, 1.807) is 12.4 Å². The van der Waals surface area contributed by atoms with E-state index >= 15 is 0 Å². The first kappa shape index (κ1) is 16.7. The van der Waals surface area contributed by atoms with Crippen molar-refractivity contribution in [3.8, 4) is 0 Å². The predicted molar refractivity (Wildman–Crippen MR) is 92.2 cm³/mol. The van der Waals surface area contributed by atoms with Gasteiger partial charge in [-0.3, -0.25) is 9.69 Å². The van der Waals surface area contributed by atoms with Crippen molar-refractivity contribution in [1.82, 2.24) is 20.1 Å². The molecule has 0 aliphatic carbocycles. The first-order valence-electron chi connectivity index (χ1n) is 7.73. The Morgan fingerprint density at radius 1 is 1.54 bits per heavy atom. The van der Waals surface area contributed by atoms with Gasteiger partial charge in [-0.25, -0.2) is 4.98 Å². The number of thiazole rings is 1. The molecule has 1 N–H and O–H groups in total. The zero-order valence-electron chi connectivity index (χ0n) is 13.5. The number of nitrogens with zero attached hydrogens (tertiary/aromatic N) is 5. The summed E-state index contributed by atoms with van der Waals surface area (Å²) in [6.45, 7) is 3.10. The lowest BCUT2D eigenvalue weighted by molar-refractivity contribution is -0.119. The van der Waals surface area contributed by atoms with Crippen LogP contribution in [0.5, 0.6) is 0 Å². The summed E-state index contributed by atoms with van der Waals surface area (Å²) in [5.74, 6) is 0.757. The summed E-state index contributed by atoms with van der Waals surface area (Å²) < 4.78 is 5.81. The Balaban J connectivity index is 1.48. The van der Waals surface area contributed by atoms with E-state index in [9.17, 15) is 4.79 Å². The SMILES string of the molecule is CN(C[C@H]1CN(CC(=O)Nc2nccs2)CCO1)c1cccnn1. The van der Waals surface area contributed by atoms with Crippen molar-refractivity contribution in [2.75, 3.05) is 50.1 Å². The van der Waals surface area contributed by atoms with Crippen LogP contribution in [0.15, 0.2) is 29.9 Å². The van der Waals surface area contributed by atoms with Gasteiger partial charge in [-0.15, -0.1) is 16.4 Å². The van der Waals surface area contributed by atoms with Crippen LogP contribution in [0.1, 0.15) is 0 Å². The van der Waals surface area contributed by atoms with Crippen LogP contribution in [0.3, 0.4) is 0 Å². The Morgan fingerprint density at radius 2 is 2.46 bits per heavy atom. The lowest BCUT2D eigenvalue weighted by atomic mass is 10.2. The number of hydrogen-bond acceptors (Lipinski definition) is 8. The Kier molecular flexibility index (Phi) is 5.68. The molecule has 0 spiro atoms. The van der Waals surface area contributed by atoms with Crippen molar-refractivity contribution >= 4 is 28.2 Å². The van der Waals surface area contributed by atoms with Crippen molar-refractivity contribution < 1.29 is 9.53 Å². The number of morpholine rings is 1. The monoisotopic (exact) mass is 348 g/mol. The lowest BCUT2D eigenvalue weighted by Gasteiger charge is -2.34. The van der Waals surface area contributed by atoms with E-state index in [-0.39, 0.29) is 12.0 Å². The fourth-order valence-corrected chi connectivity index (χ4v) is 3.12. The average molecular weight is 348 g/mol. The zero-order chi connectivity index (χ0) is 16.8. The summed E-state index contributed by atoms with van der Waals surface area (Å²) in [6.07, 6.45) is 3.35. The van der Waals surface area contributed by atoms with Gasteiger partial charge in [0.05, 0.1) is 19.3 Å². The zero-order valence-corrected chi connectivity index (χ0v) is 14.3. The maximum Gasteiger partial charge on any atom is 0.240 e. The normalized spacial score (nSPS) is 18.3. The summed E-state index contributed by atoms with van der Waals surface area (Å²) in [7, 11) is 1.96. The van der Waals surface area contributed by atoms with E-state index in [0.29, 0.717) is 31.4 Å². The minimum atomic E-state index is -0.0483. The Bertz CT molecular complexity index is 639. The number of carbonyl (C=O) groups excluding carboxylic acids is 1. The van der Waals surface area contributed by atoms with Gasteiger partial charge in [-0.05, 0) is 12.1 Å². The number of amides is 1. The van der Waals surface area contributed by atoms with E-state index in [1.807, 2.05) is 29.5 Å². The van der Waals surface area contributed by atoms with Crippen molar-refractivity contribution in [1.29, 1.82) is 0 Å².